The first-order chi connectivity index (χ1) is 19.1. The molecule has 2 N–H and O–H groups in total. The first kappa shape index (κ1) is 27.6. The van der Waals surface area contributed by atoms with Gasteiger partial charge in [0.15, 0.2) is 0 Å². The van der Waals surface area contributed by atoms with Gasteiger partial charge < -0.3 is 15.1 Å². The summed E-state index contributed by atoms with van der Waals surface area (Å²) in [6, 6.07) is 5.91. The van der Waals surface area contributed by atoms with Gasteiger partial charge in [-0.05, 0) is 88.2 Å². The molecule has 3 saturated carbocycles. The summed E-state index contributed by atoms with van der Waals surface area (Å²) in [4.78, 5) is 42.0. The van der Waals surface area contributed by atoms with Crippen LogP contribution in [0.2, 0.25) is 0 Å². The highest BCUT2D eigenvalue weighted by atomic mass is 19.3. The van der Waals surface area contributed by atoms with Crippen LogP contribution in [0.4, 0.5) is 14.5 Å². The zero-order valence-corrected chi connectivity index (χ0v) is 23.5. The summed E-state index contributed by atoms with van der Waals surface area (Å²) in [5, 5.41) is 5.75. The number of carbonyl (C=O) groups excluding carboxylic acids is 3. The number of alkyl halides is 2. The Labute approximate surface area is 235 Å². The fourth-order valence-electron chi connectivity index (χ4n) is 8.03. The average Bonchev–Trinajstić information content (AvgIpc) is 3.19. The number of benzene rings is 1. The number of carbonyl (C=O) groups is 3. The van der Waals surface area contributed by atoms with Crippen molar-refractivity contribution in [1.29, 1.82) is 0 Å². The number of amides is 3. The van der Waals surface area contributed by atoms with Crippen LogP contribution >= 0.6 is 0 Å². The van der Waals surface area contributed by atoms with Crippen LogP contribution in [-0.4, -0.2) is 59.8 Å². The molecule has 3 aliphatic carbocycles. The van der Waals surface area contributed by atoms with E-state index >= 15 is 0 Å². The van der Waals surface area contributed by atoms with Crippen molar-refractivity contribution in [1.82, 2.24) is 15.5 Å². The molecule has 40 heavy (non-hydrogen) atoms. The van der Waals surface area contributed by atoms with Gasteiger partial charge in [-0.15, -0.1) is 0 Å². The lowest BCUT2D eigenvalue weighted by Crippen LogP contribution is -2.52. The van der Waals surface area contributed by atoms with E-state index in [0.717, 1.165) is 50.4 Å². The van der Waals surface area contributed by atoms with Crippen molar-refractivity contribution in [2.75, 3.05) is 18.0 Å². The third-order valence-electron chi connectivity index (χ3n) is 10.3. The molecule has 1 aromatic carbocycles. The fraction of sp³-hybridized carbons (Fsp3) is 0.710. The molecular formula is C31H42F2N4O3. The molecule has 9 heteroatoms. The Morgan fingerprint density at radius 2 is 1.85 bits per heavy atom. The summed E-state index contributed by atoms with van der Waals surface area (Å²) in [6.07, 6.45) is 10.9. The third kappa shape index (κ3) is 5.50. The minimum atomic E-state index is -2.64. The molecule has 1 spiro atoms. The molecule has 1 saturated heterocycles. The molecule has 6 rings (SSSR count). The zero-order valence-electron chi connectivity index (χ0n) is 23.5. The molecule has 2 aliphatic heterocycles. The van der Waals surface area contributed by atoms with Crippen LogP contribution in [-0.2, 0) is 16.1 Å². The van der Waals surface area contributed by atoms with Crippen molar-refractivity contribution < 1.29 is 23.2 Å². The number of rotatable bonds is 9. The van der Waals surface area contributed by atoms with Crippen molar-refractivity contribution in [3.63, 3.8) is 0 Å². The van der Waals surface area contributed by atoms with Gasteiger partial charge in [-0.25, -0.2) is 8.78 Å². The van der Waals surface area contributed by atoms with E-state index in [2.05, 4.69) is 21.6 Å². The second-order valence-corrected chi connectivity index (χ2v) is 13.3. The highest BCUT2D eigenvalue weighted by molar-refractivity contribution is 6.06. The van der Waals surface area contributed by atoms with Crippen LogP contribution in [0.1, 0.15) is 99.9 Å². The summed E-state index contributed by atoms with van der Waals surface area (Å²) in [5.74, 6) is -2.81. The van der Waals surface area contributed by atoms with Crippen LogP contribution in [0.15, 0.2) is 18.2 Å². The molecule has 1 unspecified atom stereocenters. The molecule has 1 atom stereocenters. The third-order valence-corrected chi connectivity index (χ3v) is 10.3. The van der Waals surface area contributed by atoms with Crippen LogP contribution in [0.3, 0.4) is 0 Å². The normalized spacial score (nSPS) is 28.2. The Morgan fingerprint density at radius 1 is 1.10 bits per heavy atom. The van der Waals surface area contributed by atoms with E-state index in [9.17, 15) is 23.2 Å². The lowest BCUT2D eigenvalue weighted by atomic mass is 9.52. The van der Waals surface area contributed by atoms with Crippen molar-refractivity contribution in [2.24, 2.45) is 11.3 Å². The molecular weight excluding hydrogens is 514 g/mol. The number of halogens is 2. The molecule has 3 amide bonds. The maximum Gasteiger partial charge on any atom is 0.255 e. The summed E-state index contributed by atoms with van der Waals surface area (Å²) in [6.45, 7) is 2.65. The van der Waals surface area contributed by atoms with Gasteiger partial charge in [0.2, 0.25) is 17.7 Å². The smallest absolute Gasteiger partial charge is 0.255 e. The molecule has 218 valence electrons. The molecule has 1 aromatic rings. The van der Waals surface area contributed by atoms with Gasteiger partial charge in [-0.3, -0.25) is 19.7 Å². The first-order valence-electron chi connectivity index (χ1n) is 15.3. The molecule has 7 nitrogen and oxygen atoms in total. The summed E-state index contributed by atoms with van der Waals surface area (Å²) in [7, 11) is 0. The second-order valence-electron chi connectivity index (χ2n) is 13.3. The number of hydrogen-bond donors (Lipinski definition) is 2. The molecule has 2 heterocycles. The molecule has 5 aliphatic rings. The second kappa shape index (κ2) is 10.7. The minimum absolute atomic E-state index is 0.135. The topological polar surface area (TPSA) is 81.8 Å². The number of nitrogens with one attached hydrogen (secondary N) is 2. The molecule has 0 radical (unpaired) electrons. The Kier molecular flexibility index (Phi) is 7.38. The fourth-order valence-corrected chi connectivity index (χ4v) is 8.03. The van der Waals surface area contributed by atoms with Gasteiger partial charge in [0, 0.05) is 61.4 Å². The number of nitrogens with zero attached hydrogens (tertiary/aromatic N) is 2. The molecule has 0 bridgehead atoms. The SMILES string of the molecule is CC(F)(F)CCNC1CCC(N(CC2CC3(CCC3)C2)c2cccc3c2CN(C2CCC(=O)NC2=O)C3=O)CC1. The van der Waals surface area contributed by atoms with E-state index in [1.807, 2.05) is 12.1 Å². The maximum absolute atomic E-state index is 13.5. The standard InChI is InChI=1S/C31H42F2N4O3/c1-30(32,33)14-15-34-21-6-8-22(9-7-21)36(18-20-16-31(17-20)12-3-13-31)25-5-2-4-23-24(25)19-37(29(23)40)26-10-11-27(38)35-28(26)39/h2,4-5,20-22,26,34H,3,6-19H2,1H3,(H,35,38,39). The van der Waals surface area contributed by atoms with Gasteiger partial charge in [0.1, 0.15) is 6.04 Å². The van der Waals surface area contributed by atoms with Crippen molar-refractivity contribution in [2.45, 2.75) is 115 Å². The molecule has 4 fully saturated rings. The number of piperidine rings is 1. The number of fused-ring (bicyclic) bond motifs is 1. The van der Waals surface area contributed by atoms with Gasteiger partial charge in [-0.2, -0.15) is 0 Å². The van der Waals surface area contributed by atoms with E-state index in [-0.39, 0.29) is 36.6 Å². The zero-order chi connectivity index (χ0) is 28.1. The first-order valence-corrected chi connectivity index (χ1v) is 15.3. The largest absolute Gasteiger partial charge is 0.368 e. The van der Waals surface area contributed by atoms with Crippen molar-refractivity contribution >= 4 is 23.4 Å². The quantitative estimate of drug-likeness (QED) is 0.428. The number of hydrogen-bond acceptors (Lipinski definition) is 5. The van der Waals surface area contributed by atoms with E-state index in [4.69, 9.17) is 0 Å². The van der Waals surface area contributed by atoms with Gasteiger partial charge in [-0.1, -0.05) is 12.5 Å². The lowest BCUT2D eigenvalue weighted by Gasteiger charge is -2.56. The number of imide groups is 1. The molecule has 0 aromatic heterocycles. The van der Waals surface area contributed by atoms with Gasteiger partial charge in [0.25, 0.3) is 5.91 Å². The van der Waals surface area contributed by atoms with E-state index < -0.39 is 12.0 Å². The highest BCUT2D eigenvalue weighted by Gasteiger charge is 2.49. The van der Waals surface area contributed by atoms with Crippen LogP contribution in [0, 0.1) is 11.3 Å². The Balaban J connectivity index is 1.19. The monoisotopic (exact) mass is 556 g/mol. The van der Waals surface area contributed by atoms with Crippen molar-refractivity contribution in [3.05, 3.63) is 29.3 Å². The van der Waals surface area contributed by atoms with Crippen LogP contribution < -0.4 is 15.5 Å². The summed E-state index contributed by atoms with van der Waals surface area (Å²) >= 11 is 0. The van der Waals surface area contributed by atoms with Crippen molar-refractivity contribution in [3.8, 4) is 0 Å². The number of anilines is 1. The predicted molar refractivity (Wildman–Crippen MR) is 148 cm³/mol. The average molecular weight is 557 g/mol. The predicted octanol–water partition coefficient (Wildman–Crippen LogP) is 4.78. The lowest BCUT2D eigenvalue weighted by molar-refractivity contribution is -0.136. The Hall–Kier alpha value is -2.55. The Bertz CT molecular complexity index is 1150. The Morgan fingerprint density at radius 3 is 2.50 bits per heavy atom. The highest BCUT2D eigenvalue weighted by Crippen LogP contribution is 2.59. The van der Waals surface area contributed by atoms with E-state index in [1.54, 1.807) is 4.90 Å². The van der Waals surface area contributed by atoms with Crippen LogP contribution in [0.25, 0.3) is 0 Å². The van der Waals surface area contributed by atoms with E-state index in [1.165, 1.54) is 32.1 Å². The van der Waals surface area contributed by atoms with Crippen LogP contribution in [0.5, 0.6) is 0 Å². The van der Waals surface area contributed by atoms with Gasteiger partial charge in [0.05, 0.1) is 0 Å². The maximum atomic E-state index is 13.5. The van der Waals surface area contributed by atoms with Gasteiger partial charge >= 0.3 is 0 Å². The summed E-state index contributed by atoms with van der Waals surface area (Å²) in [5.41, 5.74) is 3.32. The summed E-state index contributed by atoms with van der Waals surface area (Å²) < 4.78 is 26.6. The minimum Gasteiger partial charge on any atom is -0.368 e. The van der Waals surface area contributed by atoms with E-state index in [0.29, 0.717) is 42.4 Å².